The molecular formula is C25H28N2O3S. The Hall–Kier alpha value is -3.12. The van der Waals surface area contributed by atoms with Gasteiger partial charge in [0.2, 0.25) is 0 Å². The van der Waals surface area contributed by atoms with Gasteiger partial charge in [-0.05, 0) is 61.2 Å². The second-order valence-electron chi connectivity index (χ2n) is 7.58. The van der Waals surface area contributed by atoms with Gasteiger partial charge < -0.3 is 5.32 Å². The van der Waals surface area contributed by atoms with E-state index in [1.165, 1.54) is 11.4 Å². The van der Waals surface area contributed by atoms with E-state index in [4.69, 9.17) is 0 Å². The van der Waals surface area contributed by atoms with E-state index < -0.39 is 10.0 Å². The number of amides is 1. The summed E-state index contributed by atoms with van der Waals surface area (Å²) in [5.74, 6) is -0.234. The lowest BCUT2D eigenvalue weighted by Gasteiger charge is -2.23. The third-order valence-corrected chi connectivity index (χ3v) is 7.28. The van der Waals surface area contributed by atoms with Crippen LogP contribution in [0.3, 0.4) is 0 Å². The quantitative estimate of drug-likeness (QED) is 0.566. The summed E-state index contributed by atoms with van der Waals surface area (Å²) in [6, 6.07) is 21.3. The van der Waals surface area contributed by atoms with Crippen LogP contribution >= 0.6 is 0 Å². The smallest absolute Gasteiger partial charge is 0.264 e. The van der Waals surface area contributed by atoms with Gasteiger partial charge in [-0.1, -0.05) is 55.5 Å². The third-order valence-electron chi connectivity index (χ3n) is 5.49. The molecular weight excluding hydrogens is 408 g/mol. The highest BCUT2D eigenvalue weighted by Gasteiger charge is 2.24. The lowest BCUT2D eigenvalue weighted by molar-refractivity contribution is 0.0935. The van der Waals surface area contributed by atoms with Crippen molar-refractivity contribution in [3.63, 3.8) is 0 Å². The van der Waals surface area contributed by atoms with Gasteiger partial charge in [0.15, 0.2) is 0 Å². The Morgan fingerprint density at radius 1 is 0.935 bits per heavy atom. The molecule has 1 atom stereocenters. The lowest BCUT2D eigenvalue weighted by atomic mass is 9.99. The average Bonchev–Trinajstić information content (AvgIpc) is 2.78. The van der Waals surface area contributed by atoms with Crippen molar-refractivity contribution in [3.05, 3.63) is 95.1 Å². The molecule has 1 unspecified atom stereocenters. The molecule has 0 saturated carbocycles. The Bertz CT molecular complexity index is 1170. The molecule has 0 saturated heterocycles. The Morgan fingerprint density at radius 2 is 1.58 bits per heavy atom. The fourth-order valence-corrected chi connectivity index (χ4v) is 4.86. The predicted molar refractivity (Wildman–Crippen MR) is 125 cm³/mol. The fourth-order valence-electron chi connectivity index (χ4n) is 3.59. The number of carbonyl (C=O) groups excluding carboxylic acids is 1. The highest BCUT2D eigenvalue weighted by Crippen LogP contribution is 2.27. The molecule has 0 aliphatic rings. The number of anilines is 1. The summed E-state index contributed by atoms with van der Waals surface area (Å²) in [7, 11) is -2.22. The van der Waals surface area contributed by atoms with Crippen LogP contribution in [0, 0.1) is 13.8 Å². The first-order valence-electron chi connectivity index (χ1n) is 10.3. The zero-order valence-electron chi connectivity index (χ0n) is 18.3. The van der Waals surface area contributed by atoms with E-state index in [-0.39, 0.29) is 16.8 Å². The van der Waals surface area contributed by atoms with Gasteiger partial charge in [-0.25, -0.2) is 8.42 Å². The van der Waals surface area contributed by atoms with Crippen LogP contribution in [0.1, 0.15) is 46.4 Å². The van der Waals surface area contributed by atoms with Crippen molar-refractivity contribution in [2.24, 2.45) is 0 Å². The molecule has 3 rings (SSSR count). The zero-order valence-corrected chi connectivity index (χ0v) is 19.1. The third kappa shape index (κ3) is 4.80. The lowest BCUT2D eigenvalue weighted by Crippen LogP contribution is -2.30. The van der Waals surface area contributed by atoms with Crippen LogP contribution in [0.15, 0.2) is 77.7 Å². The summed E-state index contributed by atoms with van der Waals surface area (Å²) in [6.45, 7) is 5.88. The summed E-state index contributed by atoms with van der Waals surface area (Å²) in [4.78, 5) is 13.2. The van der Waals surface area contributed by atoms with Crippen molar-refractivity contribution < 1.29 is 13.2 Å². The van der Waals surface area contributed by atoms with Gasteiger partial charge in [0.05, 0.1) is 16.6 Å². The van der Waals surface area contributed by atoms with E-state index in [0.717, 1.165) is 23.1 Å². The first-order chi connectivity index (χ1) is 14.8. The minimum Gasteiger partial charge on any atom is -0.345 e. The summed E-state index contributed by atoms with van der Waals surface area (Å²) in [6.07, 6.45) is 0.748. The van der Waals surface area contributed by atoms with Crippen LogP contribution in [0.2, 0.25) is 0 Å². The van der Waals surface area contributed by atoms with Crippen LogP contribution in [-0.4, -0.2) is 21.4 Å². The average molecular weight is 437 g/mol. The van der Waals surface area contributed by atoms with Crippen molar-refractivity contribution in [2.75, 3.05) is 11.4 Å². The number of carbonyl (C=O) groups is 1. The normalized spacial score (nSPS) is 12.3. The molecule has 0 fully saturated rings. The maximum Gasteiger partial charge on any atom is 0.264 e. The molecule has 0 aliphatic carbocycles. The van der Waals surface area contributed by atoms with Crippen molar-refractivity contribution >= 4 is 21.6 Å². The fraction of sp³-hybridized carbons (Fsp3) is 0.240. The molecule has 1 N–H and O–H groups in total. The number of hydrogen-bond acceptors (Lipinski definition) is 3. The van der Waals surface area contributed by atoms with Crippen molar-refractivity contribution in [2.45, 2.75) is 38.1 Å². The minimum atomic E-state index is -3.73. The van der Waals surface area contributed by atoms with Gasteiger partial charge in [-0.2, -0.15) is 0 Å². The highest BCUT2D eigenvalue weighted by atomic mass is 32.2. The molecule has 3 aromatic rings. The SMILES string of the molecule is CCC(NC(=O)c1ccc(C)c(N(C)S(=O)(=O)c2ccccc2)c1)c1ccccc1C. The van der Waals surface area contributed by atoms with Crippen molar-refractivity contribution in [1.29, 1.82) is 0 Å². The standard InChI is InChI=1S/C25H28N2O3S/c1-5-23(22-14-10-9-11-18(22)2)26-25(28)20-16-15-19(3)24(17-20)27(4)31(29,30)21-12-7-6-8-13-21/h6-17,23H,5H2,1-4H3,(H,26,28). The predicted octanol–water partition coefficient (Wildman–Crippen LogP) is 5.01. The summed E-state index contributed by atoms with van der Waals surface area (Å²) in [5.41, 5.74) is 3.86. The monoisotopic (exact) mass is 436 g/mol. The number of rotatable bonds is 7. The number of nitrogens with one attached hydrogen (secondary N) is 1. The van der Waals surface area contributed by atoms with E-state index in [1.54, 1.807) is 48.5 Å². The topological polar surface area (TPSA) is 66.5 Å². The first-order valence-corrected chi connectivity index (χ1v) is 11.7. The van der Waals surface area contributed by atoms with E-state index in [9.17, 15) is 13.2 Å². The number of aryl methyl sites for hydroxylation is 2. The van der Waals surface area contributed by atoms with Crippen molar-refractivity contribution in [1.82, 2.24) is 5.32 Å². The van der Waals surface area contributed by atoms with Gasteiger partial charge in [-0.15, -0.1) is 0 Å². The number of nitrogens with zero attached hydrogens (tertiary/aromatic N) is 1. The Labute approximate surface area is 184 Å². The molecule has 6 heteroatoms. The zero-order chi connectivity index (χ0) is 22.6. The Morgan fingerprint density at radius 3 is 2.23 bits per heavy atom. The van der Waals surface area contributed by atoms with Crippen LogP contribution in [0.5, 0.6) is 0 Å². The number of sulfonamides is 1. The number of hydrogen-bond donors (Lipinski definition) is 1. The molecule has 1 amide bonds. The summed E-state index contributed by atoms with van der Waals surface area (Å²) >= 11 is 0. The van der Waals surface area contributed by atoms with E-state index >= 15 is 0 Å². The van der Waals surface area contributed by atoms with Crippen molar-refractivity contribution in [3.8, 4) is 0 Å². The molecule has 162 valence electrons. The maximum absolute atomic E-state index is 13.0. The maximum atomic E-state index is 13.0. The molecule has 0 aliphatic heterocycles. The summed E-state index contributed by atoms with van der Waals surface area (Å²) in [5, 5.41) is 3.09. The second kappa shape index (κ2) is 9.35. The van der Waals surface area contributed by atoms with Gasteiger partial charge in [-0.3, -0.25) is 9.10 Å². The molecule has 0 spiro atoms. The molecule has 5 nitrogen and oxygen atoms in total. The van der Waals surface area contributed by atoms with Crippen LogP contribution in [0.25, 0.3) is 0 Å². The van der Waals surface area contributed by atoms with Gasteiger partial charge in [0.1, 0.15) is 0 Å². The summed E-state index contributed by atoms with van der Waals surface area (Å²) < 4.78 is 27.3. The highest BCUT2D eigenvalue weighted by molar-refractivity contribution is 7.92. The molecule has 31 heavy (non-hydrogen) atoms. The minimum absolute atomic E-state index is 0.121. The van der Waals surface area contributed by atoms with E-state index in [2.05, 4.69) is 5.32 Å². The molecule has 0 bridgehead atoms. The van der Waals surface area contributed by atoms with E-state index in [0.29, 0.717) is 11.3 Å². The van der Waals surface area contributed by atoms with E-state index in [1.807, 2.05) is 45.0 Å². The second-order valence-corrected chi connectivity index (χ2v) is 9.55. The first kappa shape index (κ1) is 22.6. The Balaban J connectivity index is 1.90. The van der Waals surface area contributed by atoms with Crippen LogP contribution in [-0.2, 0) is 10.0 Å². The molecule has 0 radical (unpaired) electrons. The largest absolute Gasteiger partial charge is 0.345 e. The van der Waals surface area contributed by atoms with Crippen LogP contribution < -0.4 is 9.62 Å². The van der Waals surface area contributed by atoms with Gasteiger partial charge >= 0.3 is 0 Å². The molecule has 3 aromatic carbocycles. The molecule has 0 heterocycles. The number of benzene rings is 3. The van der Waals surface area contributed by atoms with Gasteiger partial charge in [0, 0.05) is 12.6 Å². The Kier molecular flexibility index (Phi) is 6.81. The van der Waals surface area contributed by atoms with Crippen LogP contribution in [0.4, 0.5) is 5.69 Å². The molecule has 0 aromatic heterocycles. The van der Waals surface area contributed by atoms with Gasteiger partial charge in [0.25, 0.3) is 15.9 Å².